The third-order valence-electron chi connectivity index (χ3n) is 13.0. The molecular formula is C58H61ClMnN8O10S2. The number of nitro groups is 2. The van der Waals surface area contributed by atoms with E-state index in [-0.39, 0.29) is 26.1 Å². The summed E-state index contributed by atoms with van der Waals surface area (Å²) in [5.41, 5.74) is 18.7. The molecule has 2 aromatic heterocycles. The molecule has 5 heterocycles. The van der Waals surface area contributed by atoms with Crippen LogP contribution in [0.25, 0.3) is 21.8 Å². The monoisotopic (exact) mass is 1180 g/mol. The van der Waals surface area contributed by atoms with Crippen LogP contribution in [0.1, 0.15) is 54.2 Å². The van der Waals surface area contributed by atoms with Gasteiger partial charge in [0.1, 0.15) is 0 Å². The maximum absolute atomic E-state index is 12.5. The number of rotatable bonds is 8. The Balaban J connectivity index is 0.000000155. The molecule has 0 saturated carbocycles. The number of nitrogens with two attached hydrogens (primary N) is 1. The van der Waals surface area contributed by atoms with Crippen molar-refractivity contribution < 1.29 is 49.2 Å². The fourth-order valence-corrected chi connectivity index (χ4v) is 11.3. The van der Waals surface area contributed by atoms with E-state index in [1.165, 1.54) is 50.6 Å². The van der Waals surface area contributed by atoms with Gasteiger partial charge in [0, 0.05) is 93.9 Å². The number of para-hydroxylation sites is 2. The van der Waals surface area contributed by atoms with Gasteiger partial charge in [-0.3, -0.25) is 24.5 Å². The van der Waals surface area contributed by atoms with Gasteiger partial charge in [0.2, 0.25) is 0 Å². The molecule has 0 bridgehead atoms. The van der Waals surface area contributed by atoms with Crippen molar-refractivity contribution in [2.75, 3.05) is 40.3 Å². The number of aromatic amines is 2. The standard InChI is InChI=1S/C14H13NO2S.C10H12N2O2.C10H10N2O2.C10H12N2.C8H9N.C6H5ClO2S.Mn.2O/c16-18(17,13-7-2-1-3-8-13)15-11-10-12-6-4-5-9-14(12)15;2*1-2-7-5-8-3-4-11-9(8)6-10(7)12(13)14;1-2-7-5-8-3-4-12-10(8)6-9(7)11;1-2-4-8-7(3-1)5-6-9-8;7-10(8,9)6-4-2-1-3-5-6;;;/h1-9H,10-11H2;5-6,11H,2-4H2,1H3;3-6,11H,2H2,1H3;3-6,12H,2,11H2,1H3;1-4,9H,5-6H2;1-5H;;;. The summed E-state index contributed by atoms with van der Waals surface area (Å²) in [7, 11) is -1.92. The molecule has 7 aromatic carbocycles. The van der Waals surface area contributed by atoms with Gasteiger partial charge < -0.3 is 26.3 Å². The Hall–Kier alpha value is -8.07. The molecule has 22 heteroatoms. The second kappa shape index (κ2) is 29.2. The first-order valence-corrected chi connectivity index (χ1v) is 30.2. The molecule has 3 aliphatic rings. The molecule has 0 unspecified atom stereocenters. The number of benzene rings is 7. The van der Waals surface area contributed by atoms with Gasteiger partial charge in [-0.1, -0.05) is 93.6 Å². The number of anilines is 4. The van der Waals surface area contributed by atoms with E-state index < -0.39 is 33.9 Å². The second-order valence-corrected chi connectivity index (χ2v) is 22.6. The van der Waals surface area contributed by atoms with Crippen molar-refractivity contribution in [1.29, 1.82) is 0 Å². The molecule has 419 valence electrons. The van der Waals surface area contributed by atoms with E-state index >= 15 is 0 Å². The molecule has 0 radical (unpaired) electrons. The third kappa shape index (κ3) is 16.3. The maximum Gasteiger partial charge on any atom is 0.0373 e. The molecule has 80 heavy (non-hydrogen) atoms. The van der Waals surface area contributed by atoms with Gasteiger partial charge >= 0.3 is 22.5 Å². The molecule has 0 amide bonds. The number of H-pyrrole nitrogens is 2. The number of sulfonamides is 1. The molecule has 0 atom stereocenters. The summed E-state index contributed by atoms with van der Waals surface area (Å²) in [5, 5.41) is 30.2. The summed E-state index contributed by atoms with van der Waals surface area (Å²) < 4.78 is 64.6. The molecule has 0 fully saturated rings. The quantitative estimate of drug-likeness (QED) is 0.0312. The van der Waals surface area contributed by atoms with Crippen molar-refractivity contribution in [3.63, 3.8) is 0 Å². The van der Waals surface area contributed by atoms with Gasteiger partial charge in [0.15, 0.2) is 0 Å². The molecule has 6 N–H and O–H groups in total. The van der Waals surface area contributed by atoms with E-state index in [0.29, 0.717) is 24.3 Å². The first kappa shape index (κ1) is 61.1. The summed E-state index contributed by atoms with van der Waals surface area (Å²) >= 11 is -1.44. The number of nitrogens with one attached hydrogen (secondary N) is 4. The Morgan fingerprint density at radius 2 is 1.04 bits per heavy atom. The summed E-state index contributed by atoms with van der Waals surface area (Å²) in [5.74, 6) is 0. The smallest absolute Gasteiger partial charge is 0.0373 e. The van der Waals surface area contributed by atoms with Crippen LogP contribution in [-0.4, -0.2) is 56.3 Å². The van der Waals surface area contributed by atoms with E-state index in [2.05, 4.69) is 63.9 Å². The minimum absolute atomic E-state index is 0.136. The van der Waals surface area contributed by atoms with Crippen molar-refractivity contribution in [1.82, 2.24) is 9.97 Å². The number of fused-ring (bicyclic) bond motifs is 5. The first-order valence-electron chi connectivity index (χ1n) is 25.4. The largest absolute Gasteiger partial charge is 0.384 e. The minimum atomic E-state index is -3.53. The van der Waals surface area contributed by atoms with Crippen LogP contribution in [-0.2, 0) is 80.1 Å². The van der Waals surface area contributed by atoms with Gasteiger partial charge in [-0.15, -0.1) is 0 Å². The fourth-order valence-electron chi connectivity index (χ4n) is 9.00. The number of hydrogen-bond donors (Lipinski definition) is 5. The van der Waals surface area contributed by atoms with Crippen LogP contribution in [0.5, 0.6) is 0 Å². The molecule has 0 aliphatic carbocycles. The fraction of sp³-hybridized carbons (Fsp3) is 0.207. The number of aryl methyl sites for hydroxylation is 3. The summed E-state index contributed by atoms with van der Waals surface area (Å²) in [4.78, 5) is 27.4. The summed E-state index contributed by atoms with van der Waals surface area (Å²) in [6, 6.07) is 47.7. The Morgan fingerprint density at radius 1 is 0.562 bits per heavy atom. The van der Waals surface area contributed by atoms with Gasteiger partial charge in [-0.25, -0.2) is 16.8 Å². The van der Waals surface area contributed by atoms with Crippen molar-refractivity contribution >= 4 is 85.7 Å². The number of nitro benzene ring substituents is 2. The van der Waals surface area contributed by atoms with Crippen molar-refractivity contribution in [3.05, 3.63) is 224 Å². The number of nitrogen functional groups attached to an aromatic ring is 1. The molecule has 3 aliphatic heterocycles. The van der Waals surface area contributed by atoms with E-state index in [1.807, 2.05) is 74.6 Å². The van der Waals surface area contributed by atoms with Crippen molar-refractivity contribution in [3.8, 4) is 0 Å². The van der Waals surface area contributed by atoms with Gasteiger partial charge in [0.25, 0.3) is 30.4 Å². The third-order valence-corrected chi connectivity index (χ3v) is 16.2. The predicted octanol–water partition coefficient (Wildman–Crippen LogP) is 12.5. The Bertz CT molecular complexity index is 3800. The number of hydrogen-bond acceptors (Lipinski definition) is 13. The molecule has 12 rings (SSSR count). The Morgan fingerprint density at radius 3 is 1.59 bits per heavy atom. The molecule has 9 aromatic rings. The van der Waals surface area contributed by atoms with Crippen LogP contribution >= 0.6 is 10.7 Å². The number of aromatic nitrogens is 2. The molecule has 0 spiro atoms. The zero-order valence-corrected chi connectivity index (χ0v) is 47.7. The van der Waals surface area contributed by atoms with Crippen LogP contribution < -0.4 is 20.7 Å². The predicted molar refractivity (Wildman–Crippen MR) is 312 cm³/mol. The van der Waals surface area contributed by atoms with Gasteiger partial charge in [0.05, 0.1) is 30.8 Å². The van der Waals surface area contributed by atoms with Gasteiger partial charge in [-0.2, -0.15) is 0 Å². The van der Waals surface area contributed by atoms with Crippen LogP contribution in [0, 0.1) is 20.2 Å². The van der Waals surface area contributed by atoms with E-state index in [4.69, 9.17) is 24.1 Å². The summed E-state index contributed by atoms with van der Waals surface area (Å²) in [6.07, 6.45) is 9.05. The average molecular weight is 1180 g/mol. The van der Waals surface area contributed by atoms with Crippen molar-refractivity contribution in [2.45, 2.75) is 69.1 Å². The normalized spacial score (nSPS) is 12.3. The number of nitrogens with zero attached hydrogens (tertiary/aromatic N) is 3. The second-order valence-electron chi connectivity index (χ2n) is 18.0. The van der Waals surface area contributed by atoms with E-state index in [0.717, 1.165) is 82.5 Å². The molecule has 0 saturated heterocycles. The first-order chi connectivity index (χ1) is 38.4. The van der Waals surface area contributed by atoms with Crippen LogP contribution in [0.4, 0.5) is 34.1 Å². The molecule has 18 nitrogen and oxygen atoms in total. The Kier molecular flexibility index (Phi) is 22.3. The molecular weight excluding hydrogens is 1120 g/mol. The summed E-state index contributed by atoms with van der Waals surface area (Å²) in [6.45, 7) is 8.50. The van der Waals surface area contributed by atoms with E-state index in [1.54, 1.807) is 60.8 Å². The zero-order valence-electron chi connectivity index (χ0n) is 44.1. The Labute approximate surface area is 475 Å². The maximum atomic E-state index is 12.5. The zero-order chi connectivity index (χ0) is 57.8. The topological polar surface area (TPSA) is 274 Å². The minimum Gasteiger partial charge on any atom is -0.384 e. The SMILES string of the molecule is CCc1cc2c(cc1[N+](=O)[O-])NCC2.CCc1cc2cc[nH]c2cc1N.CCc1cc2cc[nH]c2cc1[N+](=O)[O-].O=S(=O)(Cl)c1ccccc1.O=S(=O)(c1ccccc1)N1CCc2ccccc21.[O]=[Mn]=[O].c1ccc2c(c1)CCN2. The average Bonchev–Trinajstić information content (AvgIpc) is 4.35. The van der Waals surface area contributed by atoms with Gasteiger partial charge in [-0.05, 0) is 139 Å². The van der Waals surface area contributed by atoms with Crippen LogP contribution in [0.3, 0.4) is 0 Å². The van der Waals surface area contributed by atoms with Crippen LogP contribution in [0.2, 0.25) is 0 Å². The van der Waals surface area contributed by atoms with E-state index in [9.17, 15) is 37.1 Å². The van der Waals surface area contributed by atoms with Crippen LogP contribution in [0.15, 0.2) is 180 Å². The number of halogens is 1. The van der Waals surface area contributed by atoms with Crippen molar-refractivity contribution in [2.24, 2.45) is 0 Å².